The summed E-state index contributed by atoms with van der Waals surface area (Å²) in [5, 5.41) is 8.16. The molecular formula is C9H12N2O2. The van der Waals surface area contributed by atoms with Crippen LogP contribution in [0.4, 0.5) is 4.79 Å². The molecule has 2 rings (SSSR count). The molecule has 1 amide bonds. The summed E-state index contributed by atoms with van der Waals surface area (Å²) in [5.41, 5.74) is 0. The van der Waals surface area contributed by atoms with Gasteiger partial charge in [-0.1, -0.05) is 6.07 Å². The number of hydrogen-bond acceptors (Lipinski definition) is 2. The van der Waals surface area contributed by atoms with Crippen molar-refractivity contribution in [2.24, 2.45) is 0 Å². The van der Waals surface area contributed by atoms with Gasteiger partial charge >= 0.3 is 6.09 Å². The van der Waals surface area contributed by atoms with Crippen molar-refractivity contribution in [2.45, 2.75) is 6.42 Å². The number of amides is 1. The van der Waals surface area contributed by atoms with E-state index in [4.69, 9.17) is 5.11 Å². The number of likely N-dealkylation sites (tertiary alicyclic amines) is 1. The molecule has 1 fully saturated rings. The molecule has 0 bridgehead atoms. The van der Waals surface area contributed by atoms with Crippen LogP contribution in [0.2, 0.25) is 0 Å². The zero-order valence-corrected chi connectivity index (χ0v) is 7.26. The lowest BCUT2D eigenvalue weighted by Gasteiger charge is -2.27. The third kappa shape index (κ3) is 3.55. The van der Waals surface area contributed by atoms with Crippen molar-refractivity contribution < 1.29 is 9.90 Å². The lowest BCUT2D eigenvalue weighted by Crippen LogP contribution is -2.40. The molecule has 1 saturated heterocycles. The van der Waals surface area contributed by atoms with Gasteiger partial charge in [0.2, 0.25) is 0 Å². The van der Waals surface area contributed by atoms with Crippen LogP contribution in [0.3, 0.4) is 0 Å². The molecule has 4 heteroatoms. The van der Waals surface area contributed by atoms with Crippen molar-refractivity contribution in [3.8, 4) is 0 Å². The van der Waals surface area contributed by atoms with Gasteiger partial charge in [0.25, 0.3) is 0 Å². The summed E-state index contributed by atoms with van der Waals surface area (Å²) in [4.78, 5) is 15.1. The minimum Gasteiger partial charge on any atom is -0.465 e. The third-order valence-corrected chi connectivity index (χ3v) is 1.69. The van der Waals surface area contributed by atoms with Gasteiger partial charge in [-0.3, -0.25) is 4.98 Å². The van der Waals surface area contributed by atoms with Gasteiger partial charge in [-0.2, -0.15) is 0 Å². The van der Waals surface area contributed by atoms with Crippen LogP contribution < -0.4 is 0 Å². The Morgan fingerprint density at radius 2 is 1.85 bits per heavy atom. The van der Waals surface area contributed by atoms with Gasteiger partial charge < -0.3 is 10.0 Å². The highest BCUT2D eigenvalue weighted by Crippen LogP contribution is 2.03. The third-order valence-electron chi connectivity index (χ3n) is 1.69. The molecule has 1 aromatic heterocycles. The van der Waals surface area contributed by atoms with Crippen molar-refractivity contribution >= 4 is 6.09 Å². The predicted octanol–water partition coefficient (Wildman–Crippen LogP) is 1.45. The van der Waals surface area contributed by atoms with Gasteiger partial charge in [-0.25, -0.2) is 4.79 Å². The molecule has 0 aliphatic carbocycles. The van der Waals surface area contributed by atoms with E-state index in [0.29, 0.717) is 0 Å². The lowest BCUT2D eigenvalue weighted by molar-refractivity contribution is 0.118. The van der Waals surface area contributed by atoms with Crippen molar-refractivity contribution in [3.63, 3.8) is 0 Å². The largest absolute Gasteiger partial charge is 0.465 e. The lowest BCUT2D eigenvalue weighted by atomic mass is 10.2. The highest BCUT2D eigenvalue weighted by atomic mass is 16.4. The van der Waals surface area contributed by atoms with Crippen LogP contribution in [0.1, 0.15) is 6.42 Å². The summed E-state index contributed by atoms with van der Waals surface area (Å²) in [5.74, 6) is 0. The number of hydrogen-bond donors (Lipinski definition) is 1. The topological polar surface area (TPSA) is 53.4 Å². The Hall–Kier alpha value is -1.58. The van der Waals surface area contributed by atoms with Gasteiger partial charge in [0.15, 0.2) is 0 Å². The molecule has 0 spiro atoms. The second-order valence-corrected chi connectivity index (χ2v) is 2.65. The summed E-state index contributed by atoms with van der Waals surface area (Å²) in [6.45, 7) is 1.46. The van der Waals surface area contributed by atoms with Gasteiger partial charge in [0, 0.05) is 25.5 Å². The number of nitrogens with zero attached hydrogens (tertiary/aromatic N) is 2. The maximum Gasteiger partial charge on any atom is 0.407 e. The van der Waals surface area contributed by atoms with Crippen molar-refractivity contribution in [2.75, 3.05) is 13.1 Å². The van der Waals surface area contributed by atoms with Gasteiger partial charge in [0.05, 0.1) is 0 Å². The molecule has 70 valence electrons. The van der Waals surface area contributed by atoms with Crippen molar-refractivity contribution in [3.05, 3.63) is 30.6 Å². The second-order valence-electron chi connectivity index (χ2n) is 2.65. The molecule has 0 atom stereocenters. The number of aromatic nitrogens is 1. The molecule has 1 aliphatic heterocycles. The fourth-order valence-corrected chi connectivity index (χ4v) is 0.820. The van der Waals surface area contributed by atoms with Crippen LogP contribution in [-0.4, -0.2) is 34.2 Å². The molecule has 13 heavy (non-hydrogen) atoms. The molecule has 4 nitrogen and oxygen atoms in total. The van der Waals surface area contributed by atoms with E-state index in [2.05, 4.69) is 4.98 Å². The Morgan fingerprint density at radius 3 is 1.92 bits per heavy atom. The monoisotopic (exact) mass is 180 g/mol. The summed E-state index contributed by atoms with van der Waals surface area (Å²) < 4.78 is 0. The van der Waals surface area contributed by atoms with Crippen LogP contribution in [-0.2, 0) is 0 Å². The Labute approximate surface area is 76.8 Å². The average molecular weight is 180 g/mol. The van der Waals surface area contributed by atoms with E-state index in [-0.39, 0.29) is 0 Å². The zero-order chi connectivity index (χ0) is 9.52. The first-order chi connectivity index (χ1) is 6.30. The van der Waals surface area contributed by atoms with Crippen molar-refractivity contribution in [1.29, 1.82) is 0 Å². The van der Waals surface area contributed by atoms with Crippen LogP contribution >= 0.6 is 0 Å². The molecule has 0 saturated carbocycles. The molecule has 1 aromatic rings. The van der Waals surface area contributed by atoms with Gasteiger partial charge in [0.1, 0.15) is 0 Å². The minimum atomic E-state index is -0.786. The first kappa shape index (κ1) is 9.51. The molecular weight excluding hydrogens is 168 g/mol. The Kier molecular flexibility index (Phi) is 3.75. The Balaban J connectivity index is 0.000000132. The number of carbonyl (C=O) groups is 1. The van der Waals surface area contributed by atoms with E-state index >= 15 is 0 Å². The maximum absolute atomic E-state index is 9.91. The molecule has 0 aromatic carbocycles. The van der Waals surface area contributed by atoms with Crippen LogP contribution in [0.15, 0.2) is 30.6 Å². The van der Waals surface area contributed by atoms with E-state index in [1.165, 1.54) is 4.90 Å². The van der Waals surface area contributed by atoms with Gasteiger partial charge in [-0.05, 0) is 18.6 Å². The predicted molar refractivity (Wildman–Crippen MR) is 48.5 cm³/mol. The summed E-state index contributed by atoms with van der Waals surface area (Å²) >= 11 is 0. The standard InChI is InChI=1S/C5H5N.C4H7NO2/c1-2-4-6-5-3-1;6-4(7)5-2-1-3-5/h1-5H;1-3H2,(H,6,7). The molecule has 1 aliphatic rings. The van der Waals surface area contributed by atoms with Gasteiger partial charge in [-0.15, -0.1) is 0 Å². The highest BCUT2D eigenvalue weighted by Gasteiger charge is 2.17. The van der Waals surface area contributed by atoms with Crippen LogP contribution in [0, 0.1) is 0 Å². The number of carboxylic acid groups (broad SMARTS) is 1. The fraction of sp³-hybridized carbons (Fsp3) is 0.333. The van der Waals surface area contributed by atoms with E-state index in [1.54, 1.807) is 12.4 Å². The molecule has 0 unspecified atom stereocenters. The van der Waals surface area contributed by atoms with E-state index in [1.807, 2.05) is 18.2 Å². The van der Waals surface area contributed by atoms with E-state index in [0.717, 1.165) is 19.5 Å². The summed E-state index contributed by atoms with van der Waals surface area (Å²) in [7, 11) is 0. The highest BCUT2D eigenvalue weighted by molar-refractivity contribution is 5.65. The van der Waals surface area contributed by atoms with Crippen molar-refractivity contribution in [1.82, 2.24) is 9.88 Å². The smallest absolute Gasteiger partial charge is 0.407 e. The Bertz CT molecular complexity index is 220. The second kappa shape index (κ2) is 5.13. The number of rotatable bonds is 0. The molecule has 0 radical (unpaired) electrons. The SMILES string of the molecule is O=C(O)N1CCC1.c1ccncc1. The van der Waals surface area contributed by atoms with E-state index < -0.39 is 6.09 Å². The average Bonchev–Trinajstić information content (AvgIpc) is 2.04. The summed E-state index contributed by atoms with van der Waals surface area (Å²) in [6.07, 6.45) is 3.75. The van der Waals surface area contributed by atoms with Crippen LogP contribution in [0.25, 0.3) is 0 Å². The normalized spacial score (nSPS) is 13.7. The fourth-order valence-electron chi connectivity index (χ4n) is 0.820. The quantitative estimate of drug-likeness (QED) is 0.657. The summed E-state index contributed by atoms with van der Waals surface area (Å²) in [6, 6.07) is 5.72. The van der Waals surface area contributed by atoms with Crippen LogP contribution in [0.5, 0.6) is 0 Å². The molecule has 1 N–H and O–H groups in total. The first-order valence-corrected chi connectivity index (χ1v) is 4.13. The number of pyridine rings is 1. The first-order valence-electron chi connectivity index (χ1n) is 4.13. The Morgan fingerprint density at radius 1 is 1.23 bits per heavy atom. The minimum absolute atomic E-state index is 0.731. The maximum atomic E-state index is 9.91. The zero-order valence-electron chi connectivity index (χ0n) is 7.26. The van der Waals surface area contributed by atoms with E-state index in [9.17, 15) is 4.79 Å². The molecule has 2 heterocycles.